The van der Waals surface area contributed by atoms with Crippen molar-refractivity contribution in [2.45, 2.75) is 20.3 Å². The Labute approximate surface area is 111 Å². The molecule has 0 bridgehead atoms. The first kappa shape index (κ1) is 15.1. The molecule has 104 valence electrons. The first-order valence-electron chi connectivity index (χ1n) is 6.02. The van der Waals surface area contributed by atoms with E-state index in [1.807, 2.05) is 13.8 Å². The lowest BCUT2D eigenvalue weighted by Crippen LogP contribution is -2.29. The second-order valence-corrected chi connectivity index (χ2v) is 4.83. The second-order valence-electron chi connectivity index (χ2n) is 4.83. The molecule has 0 N–H and O–H groups in total. The van der Waals surface area contributed by atoms with E-state index < -0.39 is 16.6 Å². The topological polar surface area (TPSA) is 63.5 Å². The van der Waals surface area contributed by atoms with Crippen molar-refractivity contribution >= 4 is 11.6 Å². The number of nitro benzene ring substituents is 1. The third kappa shape index (κ3) is 4.01. The van der Waals surface area contributed by atoms with Crippen LogP contribution in [0, 0.1) is 21.8 Å². The Morgan fingerprint density at radius 3 is 2.63 bits per heavy atom. The highest BCUT2D eigenvalue weighted by molar-refractivity contribution is 5.98. The van der Waals surface area contributed by atoms with Crippen LogP contribution >= 0.6 is 0 Å². The fourth-order valence-electron chi connectivity index (χ4n) is 1.60. The molecule has 1 aromatic rings. The summed E-state index contributed by atoms with van der Waals surface area (Å²) in [6.07, 6.45) is 0.783. The Bertz CT molecular complexity index is 489. The van der Waals surface area contributed by atoms with Gasteiger partial charge in [0.15, 0.2) is 0 Å². The third-order valence-electron chi connectivity index (χ3n) is 2.77. The van der Waals surface area contributed by atoms with Gasteiger partial charge in [0.05, 0.1) is 4.92 Å². The molecule has 0 aliphatic heterocycles. The maximum atomic E-state index is 13.2. The van der Waals surface area contributed by atoms with E-state index in [4.69, 9.17) is 0 Å². The van der Waals surface area contributed by atoms with Gasteiger partial charge in [-0.3, -0.25) is 14.9 Å². The monoisotopic (exact) mass is 268 g/mol. The van der Waals surface area contributed by atoms with Gasteiger partial charge in [-0.15, -0.1) is 0 Å². The Hall–Kier alpha value is -1.98. The minimum Gasteiger partial charge on any atom is -0.341 e. The average Bonchev–Trinajstić information content (AvgIpc) is 2.34. The summed E-state index contributed by atoms with van der Waals surface area (Å²) >= 11 is 0. The minimum atomic E-state index is -0.678. The van der Waals surface area contributed by atoms with E-state index in [0.717, 1.165) is 24.6 Å². The molecule has 6 heteroatoms. The van der Waals surface area contributed by atoms with Gasteiger partial charge in [-0.05, 0) is 24.5 Å². The summed E-state index contributed by atoms with van der Waals surface area (Å²) in [6.45, 7) is 4.51. The van der Waals surface area contributed by atoms with Gasteiger partial charge in [-0.25, -0.2) is 4.39 Å². The lowest BCUT2D eigenvalue weighted by Gasteiger charge is -2.18. The number of amides is 1. The number of rotatable bonds is 5. The highest BCUT2D eigenvalue weighted by Gasteiger charge is 2.23. The zero-order chi connectivity index (χ0) is 14.6. The lowest BCUT2D eigenvalue weighted by atomic mass is 10.1. The van der Waals surface area contributed by atoms with Crippen LogP contribution in [-0.4, -0.2) is 29.3 Å². The van der Waals surface area contributed by atoms with E-state index in [0.29, 0.717) is 12.5 Å². The molecule has 0 saturated carbocycles. The van der Waals surface area contributed by atoms with Crippen molar-refractivity contribution < 1.29 is 14.1 Å². The number of hydrogen-bond acceptors (Lipinski definition) is 3. The van der Waals surface area contributed by atoms with Gasteiger partial charge >= 0.3 is 0 Å². The number of carbonyl (C=O) groups is 1. The zero-order valence-electron chi connectivity index (χ0n) is 11.2. The lowest BCUT2D eigenvalue weighted by molar-refractivity contribution is -0.385. The summed E-state index contributed by atoms with van der Waals surface area (Å²) in [5.74, 6) is -0.782. The fraction of sp³-hybridized carbons (Fsp3) is 0.462. The van der Waals surface area contributed by atoms with Crippen LogP contribution in [0.1, 0.15) is 30.6 Å². The maximum absolute atomic E-state index is 13.2. The van der Waals surface area contributed by atoms with Crippen LogP contribution in [0.25, 0.3) is 0 Å². The normalized spacial score (nSPS) is 10.6. The average molecular weight is 268 g/mol. The largest absolute Gasteiger partial charge is 0.341 e. The van der Waals surface area contributed by atoms with Crippen molar-refractivity contribution in [2.75, 3.05) is 13.6 Å². The van der Waals surface area contributed by atoms with Crippen molar-refractivity contribution in [3.05, 3.63) is 39.7 Å². The SMILES string of the molecule is CC(C)CCN(C)C(=O)c1cc(F)ccc1[N+](=O)[O-]. The van der Waals surface area contributed by atoms with Crippen molar-refractivity contribution in [1.82, 2.24) is 4.90 Å². The summed E-state index contributed by atoms with van der Waals surface area (Å²) in [6, 6.07) is 2.90. The molecule has 0 atom stereocenters. The molecule has 0 spiro atoms. The number of hydrogen-bond donors (Lipinski definition) is 0. The van der Waals surface area contributed by atoms with Crippen LogP contribution in [0.4, 0.5) is 10.1 Å². The van der Waals surface area contributed by atoms with E-state index in [9.17, 15) is 19.3 Å². The minimum absolute atomic E-state index is 0.212. The van der Waals surface area contributed by atoms with E-state index in [1.165, 1.54) is 4.90 Å². The molecular formula is C13H17FN2O3. The first-order valence-corrected chi connectivity index (χ1v) is 6.02. The van der Waals surface area contributed by atoms with Crippen LogP contribution in [0.3, 0.4) is 0 Å². The van der Waals surface area contributed by atoms with Crippen molar-refractivity contribution in [1.29, 1.82) is 0 Å². The van der Waals surface area contributed by atoms with Crippen LogP contribution in [-0.2, 0) is 0 Å². The number of halogens is 1. The van der Waals surface area contributed by atoms with Crippen LogP contribution in [0.15, 0.2) is 18.2 Å². The Morgan fingerprint density at radius 2 is 2.11 bits per heavy atom. The summed E-state index contributed by atoms with van der Waals surface area (Å²) in [7, 11) is 1.55. The molecule has 0 aromatic heterocycles. The van der Waals surface area contributed by atoms with Gasteiger partial charge in [0.1, 0.15) is 11.4 Å². The third-order valence-corrected chi connectivity index (χ3v) is 2.77. The number of carbonyl (C=O) groups excluding carboxylic acids is 1. The Kier molecular flexibility index (Phi) is 4.97. The molecule has 5 nitrogen and oxygen atoms in total. The molecule has 0 aliphatic rings. The highest BCUT2D eigenvalue weighted by Crippen LogP contribution is 2.21. The Morgan fingerprint density at radius 1 is 1.47 bits per heavy atom. The maximum Gasteiger partial charge on any atom is 0.282 e. The van der Waals surface area contributed by atoms with Gasteiger partial charge in [0.2, 0.25) is 0 Å². The van der Waals surface area contributed by atoms with Gasteiger partial charge < -0.3 is 4.90 Å². The molecule has 19 heavy (non-hydrogen) atoms. The van der Waals surface area contributed by atoms with Gasteiger partial charge in [0.25, 0.3) is 11.6 Å². The van der Waals surface area contributed by atoms with Crippen LogP contribution < -0.4 is 0 Å². The van der Waals surface area contributed by atoms with Gasteiger partial charge in [0, 0.05) is 19.7 Å². The predicted octanol–water partition coefficient (Wildman–Crippen LogP) is 2.85. The summed E-state index contributed by atoms with van der Waals surface area (Å²) in [5, 5.41) is 10.8. The number of nitro groups is 1. The van der Waals surface area contributed by atoms with Crippen molar-refractivity contribution in [2.24, 2.45) is 5.92 Å². The standard InChI is InChI=1S/C13H17FN2O3/c1-9(2)6-7-15(3)13(17)11-8-10(14)4-5-12(11)16(18)19/h4-5,8-9H,6-7H2,1-3H3. The smallest absolute Gasteiger partial charge is 0.282 e. The molecule has 1 amide bonds. The molecule has 0 fully saturated rings. The quantitative estimate of drug-likeness (QED) is 0.609. The summed E-state index contributed by atoms with van der Waals surface area (Å²) < 4.78 is 13.2. The first-order chi connectivity index (χ1) is 8.82. The molecule has 1 aromatic carbocycles. The summed E-state index contributed by atoms with van der Waals surface area (Å²) in [5.41, 5.74) is -0.584. The molecular weight excluding hydrogens is 251 g/mol. The van der Waals surface area contributed by atoms with Gasteiger partial charge in [-0.2, -0.15) is 0 Å². The van der Waals surface area contributed by atoms with Gasteiger partial charge in [-0.1, -0.05) is 13.8 Å². The molecule has 0 saturated heterocycles. The molecule has 0 heterocycles. The fourth-order valence-corrected chi connectivity index (χ4v) is 1.60. The molecule has 1 rings (SSSR count). The molecule has 0 unspecified atom stereocenters. The second kappa shape index (κ2) is 6.26. The van der Waals surface area contributed by atoms with E-state index in [2.05, 4.69) is 0 Å². The predicted molar refractivity (Wildman–Crippen MR) is 69.5 cm³/mol. The number of benzene rings is 1. The van der Waals surface area contributed by atoms with E-state index in [1.54, 1.807) is 7.05 Å². The van der Waals surface area contributed by atoms with Crippen LogP contribution in [0.5, 0.6) is 0 Å². The van der Waals surface area contributed by atoms with Crippen molar-refractivity contribution in [3.8, 4) is 0 Å². The highest BCUT2D eigenvalue weighted by atomic mass is 19.1. The Balaban J connectivity index is 2.98. The zero-order valence-corrected chi connectivity index (χ0v) is 11.2. The molecule has 0 aliphatic carbocycles. The summed E-state index contributed by atoms with van der Waals surface area (Å²) in [4.78, 5) is 23.6. The molecule has 0 radical (unpaired) electrons. The van der Waals surface area contributed by atoms with Crippen molar-refractivity contribution in [3.63, 3.8) is 0 Å². The van der Waals surface area contributed by atoms with E-state index in [-0.39, 0.29) is 11.3 Å². The number of nitrogens with zero attached hydrogens (tertiary/aromatic N) is 2. The van der Waals surface area contributed by atoms with E-state index >= 15 is 0 Å². The van der Waals surface area contributed by atoms with Crippen LogP contribution in [0.2, 0.25) is 0 Å².